The Kier molecular flexibility index (Phi) is 9.11. The van der Waals surface area contributed by atoms with Gasteiger partial charge in [-0.15, -0.1) is 11.8 Å². The van der Waals surface area contributed by atoms with Gasteiger partial charge in [0.15, 0.2) is 0 Å². The maximum absolute atomic E-state index is 12.1. The first kappa shape index (κ1) is 21.7. The van der Waals surface area contributed by atoms with E-state index in [1.54, 1.807) is 36.5 Å². The number of alkyl halides is 4. The Balaban J connectivity index is 0.000000223. The first-order chi connectivity index (χ1) is 12.9. The Hall–Kier alpha value is -1.56. The fraction of sp³-hybridized carbons (Fsp3) is 0.294. The molecule has 0 unspecified atom stereocenters. The highest BCUT2D eigenvalue weighted by Crippen LogP contribution is 2.22. The van der Waals surface area contributed by atoms with Crippen molar-refractivity contribution in [3.05, 3.63) is 64.3 Å². The van der Waals surface area contributed by atoms with Crippen LogP contribution in [-0.2, 0) is 18.8 Å². The summed E-state index contributed by atoms with van der Waals surface area (Å²) in [5.41, 5.74) is 1.21. The summed E-state index contributed by atoms with van der Waals surface area (Å²) in [6.45, 7) is -0.658. The number of thioether (sulfide) groups is 1. The summed E-state index contributed by atoms with van der Waals surface area (Å²) in [5, 5.41) is 7.57. The zero-order chi connectivity index (χ0) is 19.6. The molecule has 0 spiro atoms. The van der Waals surface area contributed by atoms with Crippen molar-refractivity contribution in [3.8, 4) is 0 Å². The zero-order valence-corrected chi connectivity index (χ0v) is 17.0. The molecular weight excluding hydrogens is 495 g/mol. The van der Waals surface area contributed by atoms with Gasteiger partial charge in [0.25, 0.3) is 12.9 Å². The first-order valence-corrected chi connectivity index (χ1v) is 9.92. The van der Waals surface area contributed by atoms with Crippen LogP contribution in [0.1, 0.15) is 5.56 Å². The number of rotatable bonds is 7. The number of benzene rings is 1. The SMILES string of the molecule is FC(F)Cn1cc(I)cn1.FC(F)Cn1cc(SCc2ccccc2)cn1. The second-order valence-electron chi connectivity index (χ2n) is 5.34. The van der Waals surface area contributed by atoms with Crippen LogP contribution < -0.4 is 0 Å². The molecule has 0 aliphatic rings. The summed E-state index contributed by atoms with van der Waals surface area (Å²) in [7, 11) is 0. The molecule has 0 radical (unpaired) electrons. The van der Waals surface area contributed by atoms with Gasteiger partial charge in [-0.1, -0.05) is 30.3 Å². The topological polar surface area (TPSA) is 35.6 Å². The van der Waals surface area contributed by atoms with Crippen LogP contribution in [0.25, 0.3) is 0 Å². The smallest absolute Gasteiger partial charge is 0.257 e. The summed E-state index contributed by atoms with van der Waals surface area (Å²) in [6, 6.07) is 10.0. The molecule has 2 aromatic heterocycles. The summed E-state index contributed by atoms with van der Waals surface area (Å²) in [6.07, 6.45) is 1.71. The molecule has 0 amide bonds. The van der Waals surface area contributed by atoms with Gasteiger partial charge in [-0.3, -0.25) is 9.36 Å². The molecule has 0 saturated heterocycles. The number of nitrogens with zero attached hydrogens (tertiary/aromatic N) is 4. The average molecular weight is 512 g/mol. The number of hydrogen-bond acceptors (Lipinski definition) is 3. The molecule has 0 fully saturated rings. The second kappa shape index (κ2) is 11.3. The van der Waals surface area contributed by atoms with Crippen molar-refractivity contribution in [2.75, 3.05) is 0 Å². The van der Waals surface area contributed by atoms with Crippen LogP contribution in [-0.4, -0.2) is 32.4 Å². The monoisotopic (exact) mass is 512 g/mol. The maximum atomic E-state index is 12.1. The van der Waals surface area contributed by atoms with Crippen LogP contribution in [0.3, 0.4) is 0 Å². The highest BCUT2D eigenvalue weighted by atomic mass is 127. The minimum atomic E-state index is -2.36. The van der Waals surface area contributed by atoms with E-state index in [-0.39, 0.29) is 13.1 Å². The highest BCUT2D eigenvalue weighted by molar-refractivity contribution is 14.1. The molecule has 0 bridgehead atoms. The minimum Gasteiger partial charge on any atom is -0.266 e. The third kappa shape index (κ3) is 8.78. The van der Waals surface area contributed by atoms with E-state index in [2.05, 4.69) is 10.2 Å². The lowest BCUT2D eigenvalue weighted by molar-refractivity contribution is 0.121. The van der Waals surface area contributed by atoms with E-state index in [4.69, 9.17) is 0 Å². The lowest BCUT2D eigenvalue weighted by Crippen LogP contribution is -2.06. The van der Waals surface area contributed by atoms with E-state index in [0.717, 1.165) is 14.2 Å². The fourth-order valence-corrected chi connectivity index (χ4v) is 3.27. The molecule has 27 heavy (non-hydrogen) atoms. The molecule has 0 aliphatic heterocycles. The highest BCUT2D eigenvalue weighted by Gasteiger charge is 2.06. The van der Waals surface area contributed by atoms with Gasteiger partial charge >= 0.3 is 0 Å². The predicted molar refractivity (Wildman–Crippen MR) is 105 cm³/mol. The van der Waals surface area contributed by atoms with Gasteiger partial charge in [-0.05, 0) is 28.2 Å². The third-order valence-corrected chi connectivity index (χ3v) is 4.69. The van der Waals surface area contributed by atoms with E-state index in [9.17, 15) is 17.6 Å². The molecule has 10 heteroatoms. The van der Waals surface area contributed by atoms with E-state index in [0.29, 0.717) is 0 Å². The van der Waals surface area contributed by atoms with Crippen molar-refractivity contribution >= 4 is 34.4 Å². The Morgan fingerprint density at radius 2 is 1.48 bits per heavy atom. The summed E-state index contributed by atoms with van der Waals surface area (Å²) in [4.78, 5) is 0.912. The largest absolute Gasteiger partial charge is 0.266 e. The molecule has 2 heterocycles. The standard InChI is InChI=1S/C12H12F2N2S.C5H5F2IN2/c13-12(14)8-16-7-11(6-15-16)17-9-10-4-2-1-3-5-10;6-5(7)3-10-2-4(8)1-9-10/h1-7,12H,8-9H2;1-2,5H,3H2. The van der Waals surface area contributed by atoms with Crippen LogP contribution >= 0.6 is 34.4 Å². The molecule has 0 N–H and O–H groups in total. The lowest BCUT2D eigenvalue weighted by Gasteiger charge is -1.99. The molecular formula is C17H17F4IN4S. The van der Waals surface area contributed by atoms with E-state index >= 15 is 0 Å². The fourth-order valence-electron chi connectivity index (χ4n) is 1.98. The maximum Gasteiger partial charge on any atom is 0.257 e. The summed E-state index contributed by atoms with van der Waals surface area (Å²) in [5.74, 6) is 0.821. The Bertz CT molecular complexity index is 795. The minimum absolute atomic E-state index is 0.316. The normalized spacial score (nSPS) is 10.9. The third-order valence-electron chi connectivity index (χ3n) is 3.11. The van der Waals surface area contributed by atoms with Crippen molar-refractivity contribution in [1.82, 2.24) is 19.6 Å². The van der Waals surface area contributed by atoms with Crippen molar-refractivity contribution in [1.29, 1.82) is 0 Å². The van der Waals surface area contributed by atoms with Crippen molar-refractivity contribution < 1.29 is 17.6 Å². The summed E-state index contributed by atoms with van der Waals surface area (Å²) < 4.78 is 50.9. The molecule has 3 rings (SSSR count). The average Bonchev–Trinajstić information content (AvgIpc) is 3.22. The van der Waals surface area contributed by atoms with Crippen molar-refractivity contribution in [3.63, 3.8) is 0 Å². The van der Waals surface area contributed by atoms with Gasteiger partial charge < -0.3 is 0 Å². The quantitative estimate of drug-likeness (QED) is 0.248. The van der Waals surface area contributed by atoms with Gasteiger partial charge in [-0.25, -0.2) is 17.6 Å². The molecule has 1 aromatic carbocycles. The van der Waals surface area contributed by atoms with Gasteiger partial charge in [0, 0.05) is 23.0 Å². The first-order valence-electron chi connectivity index (χ1n) is 7.86. The number of hydrogen-bond donors (Lipinski definition) is 0. The van der Waals surface area contributed by atoms with E-state index < -0.39 is 12.9 Å². The zero-order valence-electron chi connectivity index (χ0n) is 14.1. The van der Waals surface area contributed by atoms with Crippen LogP contribution in [0.5, 0.6) is 0 Å². The Morgan fingerprint density at radius 3 is 2.04 bits per heavy atom. The van der Waals surface area contributed by atoms with E-state index in [1.807, 2.05) is 52.9 Å². The Labute approximate surface area is 172 Å². The number of aromatic nitrogens is 4. The van der Waals surface area contributed by atoms with Gasteiger partial charge in [0.05, 0.1) is 16.0 Å². The lowest BCUT2D eigenvalue weighted by atomic mass is 10.2. The molecule has 0 aliphatic carbocycles. The molecule has 4 nitrogen and oxygen atoms in total. The van der Waals surface area contributed by atoms with Gasteiger partial charge in [0.2, 0.25) is 0 Å². The van der Waals surface area contributed by atoms with Gasteiger partial charge in [0.1, 0.15) is 13.1 Å². The van der Waals surface area contributed by atoms with Crippen LogP contribution in [0, 0.1) is 3.57 Å². The van der Waals surface area contributed by atoms with E-state index in [1.165, 1.54) is 14.9 Å². The van der Waals surface area contributed by atoms with Crippen LogP contribution in [0.15, 0.2) is 60.0 Å². The van der Waals surface area contributed by atoms with Crippen LogP contribution in [0.2, 0.25) is 0 Å². The molecule has 3 aromatic rings. The van der Waals surface area contributed by atoms with Gasteiger partial charge in [-0.2, -0.15) is 10.2 Å². The molecule has 0 saturated carbocycles. The number of halogens is 5. The second-order valence-corrected chi connectivity index (χ2v) is 7.63. The predicted octanol–water partition coefficient (Wildman–Crippen LogP) is 5.19. The Morgan fingerprint density at radius 1 is 0.889 bits per heavy atom. The summed E-state index contributed by atoms with van der Waals surface area (Å²) >= 11 is 3.61. The molecule has 0 atom stereocenters. The van der Waals surface area contributed by atoms with Crippen molar-refractivity contribution in [2.24, 2.45) is 0 Å². The molecule has 146 valence electrons. The van der Waals surface area contributed by atoms with Crippen molar-refractivity contribution in [2.45, 2.75) is 36.6 Å². The van der Waals surface area contributed by atoms with Crippen LogP contribution in [0.4, 0.5) is 17.6 Å².